The normalized spacial score (nSPS) is 16.4. The number of benzene rings is 2. The van der Waals surface area contributed by atoms with Gasteiger partial charge in [0.15, 0.2) is 5.78 Å². The Bertz CT molecular complexity index is 1990. The zero-order chi connectivity index (χ0) is 31.3. The van der Waals surface area contributed by atoms with Gasteiger partial charge in [0.1, 0.15) is 5.82 Å². The molecule has 1 amide bonds. The van der Waals surface area contributed by atoms with Crippen LogP contribution in [0.3, 0.4) is 0 Å². The molecule has 0 unspecified atom stereocenters. The molecule has 0 atom stereocenters. The molecular formula is C37H39N5O3. The number of hydrogen-bond donors (Lipinski definition) is 1. The van der Waals surface area contributed by atoms with E-state index in [0.29, 0.717) is 17.4 Å². The number of aromatic nitrogens is 4. The van der Waals surface area contributed by atoms with E-state index in [9.17, 15) is 9.59 Å². The molecule has 230 valence electrons. The molecule has 3 aromatic heterocycles. The molecule has 8 heteroatoms. The van der Waals surface area contributed by atoms with E-state index in [-0.39, 0.29) is 11.7 Å². The van der Waals surface area contributed by atoms with Gasteiger partial charge in [-0.05, 0) is 92.5 Å². The second-order valence-electron chi connectivity index (χ2n) is 12.7. The lowest BCUT2D eigenvalue weighted by Gasteiger charge is -2.41. The fourth-order valence-electron chi connectivity index (χ4n) is 7.38. The van der Waals surface area contributed by atoms with Gasteiger partial charge < -0.3 is 19.2 Å². The third kappa shape index (κ3) is 5.02. The molecule has 0 spiro atoms. The zero-order valence-corrected chi connectivity index (χ0v) is 26.4. The van der Waals surface area contributed by atoms with Crippen molar-refractivity contribution in [1.82, 2.24) is 24.4 Å². The van der Waals surface area contributed by atoms with Crippen molar-refractivity contribution in [2.24, 2.45) is 14.1 Å². The van der Waals surface area contributed by atoms with Gasteiger partial charge in [-0.25, -0.2) is 9.97 Å². The fourth-order valence-corrected chi connectivity index (χ4v) is 7.38. The van der Waals surface area contributed by atoms with Gasteiger partial charge in [0, 0.05) is 36.6 Å². The quantitative estimate of drug-likeness (QED) is 0.190. The van der Waals surface area contributed by atoms with Crippen LogP contribution in [0.2, 0.25) is 0 Å². The minimum Gasteiger partial charge on any atom is -0.481 e. The lowest BCUT2D eigenvalue weighted by Crippen LogP contribution is -2.52. The topological polar surface area (TPSA) is 91.0 Å². The molecule has 45 heavy (non-hydrogen) atoms. The van der Waals surface area contributed by atoms with Crippen LogP contribution in [0.25, 0.3) is 39.4 Å². The number of pyridine rings is 1. The van der Waals surface area contributed by atoms with Gasteiger partial charge >= 0.3 is 0 Å². The number of methoxy groups -OCH3 is 1. The highest BCUT2D eigenvalue weighted by molar-refractivity contribution is 6.01. The van der Waals surface area contributed by atoms with E-state index < -0.39 is 5.54 Å². The molecule has 2 aliphatic carbocycles. The predicted octanol–water partition coefficient (Wildman–Crippen LogP) is 7.20. The molecule has 1 N–H and O–H groups in total. The summed E-state index contributed by atoms with van der Waals surface area (Å²) in [5, 5.41) is 4.59. The summed E-state index contributed by atoms with van der Waals surface area (Å²) in [5.41, 5.74) is 7.22. The number of imidazole rings is 1. The Morgan fingerprint density at radius 1 is 0.956 bits per heavy atom. The van der Waals surface area contributed by atoms with Crippen LogP contribution in [0.4, 0.5) is 0 Å². The SMILES string of the molecule is COc1cccc(-c2c(C3CCCC3)c3ccc(C(=O)NC4(c5nc6ccc(/C=C/C(C)=O)cc6n5C)CCC4)cc3n2C)n1. The number of rotatable bonds is 8. The minimum atomic E-state index is -0.534. The third-order valence-electron chi connectivity index (χ3n) is 9.84. The van der Waals surface area contributed by atoms with Crippen LogP contribution >= 0.6 is 0 Å². The largest absolute Gasteiger partial charge is 0.481 e. The first-order chi connectivity index (χ1) is 21.8. The van der Waals surface area contributed by atoms with Gasteiger partial charge in [0.2, 0.25) is 5.88 Å². The summed E-state index contributed by atoms with van der Waals surface area (Å²) in [4.78, 5) is 35.2. The summed E-state index contributed by atoms with van der Waals surface area (Å²) in [6, 6.07) is 18.0. The molecule has 0 radical (unpaired) electrons. The van der Waals surface area contributed by atoms with Crippen molar-refractivity contribution in [3.05, 3.63) is 83.2 Å². The molecule has 3 heterocycles. The molecule has 2 aromatic carbocycles. The number of amides is 1. The molecule has 0 saturated heterocycles. The Hall–Kier alpha value is -4.72. The van der Waals surface area contributed by atoms with Gasteiger partial charge in [0.25, 0.3) is 5.91 Å². The van der Waals surface area contributed by atoms with Crippen molar-refractivity contribution in [3.8, 4) is 17.3 Å². The molecule has 0 bridgehead atoms. The van der Waals surface area contributed by atoms with Crippen molar-refractivity contribution in [3.63, 3.8) is 0 Å². The van der Waals surface area contributed by atoms with Gasteiger partial charge in [-0.3, -0.25) is 9.59 Å². The van der Waals surface area contributed by atoms with E-state index in [1.54, 1.807) is 20.1 Å². The van der Waals surface area contributed by atoms with E-state index in [2.05, 4.69) is 27.6 Å². The van der Waals surface area contributed by atoms with Gasteiger partial charge in [-0.1, -0.05) is 37.1 Å². The summed E-state index contributed by atoms with van der Waals surface area (Å²) < 4.78 is 9.75. The number of carbonyl (C=O) groups is 2. The molecular weight excluding hydrogens is 562 g/mol. The standard InChI is InChI=1S/C37H39N5O3/c1-23(43)13-14-24-15-18-28-31(21-24)42(3)36(39-28)37(19-8-20-37)40-35(44)26-16-17-27-30(22-26)41(2)34(33(27)25-9-5-6-10-25)29-11-7-12-32(38-29)45-4/h7,11-18,21-22,25H,5-6,8-10,19-20H2,1-4H3,(H,40,44)/b14-13+. The summed E-state index contributed by atoms with van der Waals surface area (Å²) in [6.45, 7) is 1.54. The van der Waals surface area contributed by atoms with Crippen LogP contribution in [0.15, 0.2) is 60.7 Å². The second-order valence-corrected chi connectivity index (χ2v) is 12.7. The van der Waals surface area contributed by atoms with Gasteiger partial charge in [-0.15, -0.1) is 0 Å². The Morgan fingerprint density at radius 3 is 2.47 bits per heavy atom. The molecule has 2 fully saturated rings. The van der Waals surface area contributed by atoms with Crippen molar-refractivity contribution in [2.75, 3.05) is 7.11 Å². The second kappa shape index (κ2) is 11.3. The maximum Gasteiger partial charge on any atom is 0.252 e. The Labute approximate surface area is 263 Å². The number of ether oxygens (including phenoxy) is 1. The molecule has 0 aliphatic heterocycles. The van der Waals surface area contributed by atoms with Gasteiger partial charge in [0.05, 0.1) is 35.1 Å². The van der Waals surface area contributed by atoms with Crippen LogP contribution in [0.1, 0.15) is 85.1 Å². The van der Waals surface area contributed by atoms with Crippen LogP contribution in [0.5, 0.6) is 5.88 Å². The zero-order valence-electron chi connectivity index (χ0n) is 26.4. The average Bonchev–Trinajstić information content (AvgIpc) is 3.75. The van der Waals surface area contributed by atoms with Gasteiger partial charge in [-0.2, -0.15) is 0 Å². The summed E-state index contributed by atoms with van der Waals surface area (Å²) in [6.07, 6.45) is 10.9. The highest BCUT2D eigenvalue weighted by atomic mass is 16.5. The number of nitrogens with one attached hydrogen (secondary N) is 1. The predicted molar refractivity (Wildman–Crippen MR) is 177 cm³/mol. The Morgan fingerprint density at radius 2 is 1.76 bits per heavy atom. The number of hydrogen-bond acceptors (Lipinski definition) is 5. The molecule has 7 rings (SSSR count). The first kappa shape index (κ1) is 29.0. The van der Waals surface area contributed by atoms with Crippen LogP contribution < -0.4 is 10.1 Å². The summed E-state index contributed by atoms with van der Waals surface area (Å²) >= 11 is 0. The molecule has 8 nitrogen and oxygen atoms in total. The molecule has 2 saturated carbocycles. The fraction of sp³-hybridized carbons (Fsp3) is 0.351. The average molecular weight is 602 g/mol. The van der Waals surface area contributed by atoms with Crippen molar-refractivity contribution in [1.29, 1.82) is 0 Å². The highest BCUT2D eigenvalue weighted by Gasteiger charge is 2.44. The lowest BCUT2D eigenvalue weighted by molar-refractivity contribution is -0.112. The lowest BCUT2D eigenvalue weighted by atomic mass is 9.75. The number of nitrogens with zero attached hydrogens (tertiary/aromatic N) is 4. The van der Waals surface area contributed by atoms with Crippen molar-refractivity contribution in [2.45, 2.75) is 63.3 Å². The third-order valence-corrected chi connectivity index (χ3v) is 9.84. The van der Waals surface area contributed by atoms with Crippen LogP contribution in [-0.2, 0) is 24.4 Å². The van der Waals surface area contributed by atoms with E-state index in [1.165, 1.54) is 23.8 Å². The van der Waals surface area contributed by atoms with Crippen LogP contribution in [-0.4, -0.2) is 37.9 Å². The number of fused-ring (bicyclic) bond motifs is 2. The number of ketones is 1. The van der Waals surface area contributed by atoms with E-state index in [4.69, 9.17) is 14.7 Å². The molecule has 5 aromatic rings. The summed E-state index contributed by atoms with van der Waals surface area (Å²) in [5.74, 6) is 1.82. The minimum absolute atomic E-state index is 0.00778. The first-order valence-electron chi connectivity index (χ1n) is 15.9. The smallest absolute Gasteiger partial charge is 0.252 e. The number of allylic oxidation sites excluding steroid dienone is 1. The summed E-state index contributed by atoms with van der Waals surface area (Å²) in [7, 11) is 5.72. The maximum absolute atomic E-state index is 14.0. The Balaban J connectivity index is 1.25. The van der Waals surface area contributed by atoms with E-state index in [1.807, 2.05) is 61.7 Å². The maximum atomic E-state index is 14.0. The number of aryl methyl sites for hydroxylation is 2. The first-order valence-corrected chi connectivity index (χ1v) is 15.9. The van der Waals surface area contributed by atoms with E-state index >= 15 is 0 Å². The van der Waals surface area contributed by atoms with Crippen molar-refractivity contribution >= 4 is 39.7 Å². The highest BCUT2D eigenvalue weighted by Crippen LogP contribution is 2.45. The van der Waals surface area contributed by atoms with E-state index in [0.717, 1.165) is 71.4 Å². The Kier molecular flexibility index (Phi) is 7.30. The monoisotopic (exact) mass is 601 g/mol. The van der Waals surface area contributed by atoms with Crippen molar-refractivity contribution < 1.29 is 14.3 Å². The molecule has 2 aliphatic rings. The number of carbonyl (C=O) groups excluding carboxylic acids is 2. The van der Waals surface area contributed by atoms with Crippen LogP contribution in [0, 0.1) is 0 Å².